The molecule has 4 aliphatic rings. The number of allylic oxidation sites excluding steroid dienone is 3. The Morgan fingerprint density at radius 3 is 2.18 bits per heavy atom. The fraction of sp³-hybridized carbons (Fsp3) is 0.316. The molecule has 2 saturated heterocycles. The summed E-state index contributed by atoms with van der Waals surface area (Å²) in [5.41, 5.74) is 3.96. The summed E-state index contributed by atoms with van der Waals surface area (Å²) in [4.78, 5) is 56.0. The molecule has 3 fully saturated rings. The normalized spacial score (nSPS) is 28.7. The van der Waals surface area contributed by atoms with Crippen LogP contribution in [0.15, 0.2) is 94.7 Å². The lowest BCUT2D eigenvalue weighted by atomic mass is 9.57. The van der Waals surface area contributed by atoms with Crippen LogP contribution in [0.3, 0.4) is 0 Å². The molecule has 2 aliphatic heterocycles. The van der Waals surface area contributed by atoms with Gasteiger partial charge in [0.05, 0.1) is 36.0 Å². The molecular formula is C38H35Cl2N5O6. The number of halogens is 2. The monoisotopic (exact) mass is 727 g/mol. The fourth-order valence-electron chi connectivity index (χ4n) is 7.85. The number of hydrogen-bond acceptors (Lipinski definition) is 9. The molecule has 0 aromatic heterocycles. The zero-order valence-electron chi connectivity index (χ0n) is 28.3. The minimum absolute atomic E-state index is 0.0424. The highest BCUT2D eigenvalue weighted by Crippen LogP contribution is 2.63. The SMILES string of the molecule is COc1cc(C=CC2C3=CCC4C(=O)N(c5ccc(N=Nc6ccc(N(C)C)cc6)cc5)C(=O)C4C3CC3(Cl)C(=O)N(C)C(=O)C23Cl)ccc1O. The Hall–Kier alpha value is -5.00. The van der Waals surface area contributed by atoms with E-state index in [-0.39, 0.29) is 30.2 Å². The second-order valence-electron chi connectivity index (χ2n) is 13.5. The highest BCUT2D eigenvalue weighted by molar-refractivity contribution is 6.53. The molecule has 262 valence electrons. The number of hydrogen-bond donors (Lipinski definition) is 1. The maximum Gasteiger partial charge on any atom is 0.253 e. The van der Waals surface area contributed by atoms with E-state index in [1.165, 1.54) is 25.1 Å². The Labute approximate surface area is 304 Å². The van der Waals surface area contributed by atoms with E-state index >= 15 is 0 Å². The second kappa shape index (κ2) is 12.6. The molecule has 0 bridgehead atoms. The van der Waals surface area contributed by atoms with Crippen LogP contribution in [0, 0.1) is 23.7 Å². The molecule has 7 rings (SSSR count). The Bertz CT molecular complexity index is 2050. The molecule has 0 spiro atoms. The van der Waals surface area contributed by atoms with Gasteiger partial charge in [-0.05, 0) is 85.0 Å². The number of likely N-dealkylation sites (tertiary alicyclic amines) is 1. The van der Waals surface area contributed by atoms with Crippen LogP contribution in [0.25, 0.3) is 6.08 Å². The van der Waals surface area contributed by atoms with Crippen molar-refractivity contribution in [2.24, 2.45) is 33.9 Å². The first kappa shape index (κ1) is 34.4. The lowest BCUT2D eigenvalue weighted by molar-refractivity contribution is -0.138. The van der Waals surface area contributed by atoms with Crippen LogP contribution >= 0.6 is 23.2 Å². The van der Waals surface area contributed by atoms with Crippen LogP contribution in [-0.2, 0) is 19.2 Å². The van der Waals surface area contributed by atoms with Crippen molar-refractivity contribution in [3.05, 3.63) is 90.0 Å². The second-order valence-corrected chi connectivity index (χ2v) is 14.7. The quantitative estimate of drug-likeness (QED) is 0.125. The number of rotatable bonds is 7. The molecule has 0 radical (unpaired) electrons. The molecule has 6 atom stereocenters. The van der Waals surface area contributed by atoms with Crippen molar-refractivity contribution in [2.75, 3.05) is 38.1 Å². The minimum Gasteiger partial charge on any atom is -0.504 e. The molecule has 4 amide bonds. The van der Waals surface area contributed by atoms with E-state index in [0.717, 1.165) is 10.6 Å². The highest BCUT2D eigenvalue weighted by atomic mass is 35.5. The first-order valence-corrected chi connectivity index (χ1v) is 17.2. The van der Waals surface area contributed by atoms with Crippen LogP contribution in [0.2, 0.25) is 0 Å². The average molecular weight is 729 g/mol. The zero-order chi connectivity index (χ0) is 36.4. The van der Waals surface area contributed by atoms with Gasteiger partial charge in [0.25, 0.3) is 11.8 Å². The summed E-state index contributed by atoms with van der Waals surface area (Å²) in [6, 6.07) is 19.1. The maximum absolute atomic E-state index is 14.3. The number of ether oxygens (including phenoxy) is 1. The van der Waals surface area contributed by atoms with Gasteiger partial charge in [-0.25, -0.2) is 0 Å². The molecule has 11 nitrogen and oxygen atoms in total. The number of amides is 4. The van der Waals surface area contributed by atoms with Crippen LogP contribution < -0.4 is 14.5 Å². The predicted octanol–water partition coefficient (Wildman–Crippen LogP) is 6.62. The van der Waals surface area contributed by atoms with E-state index in [1.54, 1.807) is 48.6 Å². The van der Waals surface area contributed by atoms with Gasteiger partial charge in [-0.2, -0.15) is 10.2 Å². The molecule has 3 aromatic carbocycles. The third kappa shape index (κ3) is 5.33. The van der Waals surface area contributed by atoms with E-state index in [2.05, 4.69) is 10.2 Å². The van der Waals surface area contributed by atoms with E-state index < -0.39 is 51.1 Å². The number of methoxy groups -OCH3 is 1. The summed E-state index contributed by atoms with van der Waals surface area (Å²) in [7, 11) is 6.69. The number of azo groups is 1. The van der Waals surface area contributed by atoms with Gasteiger partial charge < -0.3 is 14.7 Å². The number of benzene rings is 3. The van der Waals surface area contributed by atoms with Crippen molar-refractivity contribution in [1.82, 2.24) is 4.90 Å². The maximum atomic E-state index is 14.3. The smallest absolute Gasteiger partial charge is 0.253 e. The Morgan fingerprint density at radius 1 is 0.902 bits per heavy atom. The van der Waals surface area contributed by atoms with Crippen LogP contribution in [-0.4, -0.2) is 71.6 Å². The van der Waals surface area contributed by atoms with E-state index in [9.17, 15) is 24.3 Å². The molecule has 1 saturated carbocycles. The van der Waals surface area contributed by atoms with Crippen LogP contribution in [0.5, 0.6) is 11.5 Å². The number of carbonyl (C=O) groups excluding carboxylic acids is 4. The molecule has 6 unspecified atom stereocenters. The number of alkyl halides is 2. The summed E-state index contributed by atoms with van der Waals surface area (Å²) < 4.78 is 5.24. The zero-order valence-corrected chi connectivity index (χ0v) is 29.8. The van der Waals surface area contributed by atoms with Gasteiger partial charge in [-0.15, -0.1) is 23.2 Å². The van der Waals surface area contributed by atoms with Crippen LogP contribution in [0.4, 0.5) is 22.7 Å². The summed E-state index contributed by atoms with van der Waals surface area (Å²) in [6.07, 6.45) is 5.44. The number of fused-ring (bicyclic) bond motifs is 4. The van der Waals surface area contributed by atoms with Crippen LogP contribution in [0.1, 0.15) is 18.4 Å². The average Bonchev–Trinajstić information content (AvgIpc) is 3.46. The molecule has 3 aromatic rings. The molecule has 51 heavy (non-hydrogen) atoms. The number of phenols is 1. The Morgan fingerprint density at radius 2 is 1.55 bits per heavy atom. The highest BCUT2D eigenvalue weighted by Gasteiger charge is 2.75. The lowest BCUT2D eigenvalue weighted by Gasteiger charge is -2.49. The van der Waals surface area contributed by atoms with Gasteiger partial charge in [0.15, 0.2) is 21.2 Å². The Kier molecular flexibility index (Phi) is 8.54. The number of phenolic OH excluding ortho intramolecular Hbond substituents is 1. The molecule has 2 heterocycles. The van der Waals surface area contributed by atoms with E-state index in [1.807, 2.05) is 49.3 Å². The first-order valence-electron chi connectivity index (χ1n) is 16.4. The lowest BCUT2D eigenvalue weighted by Crippen LogP contribution is -2.60. The van der Waals surface area contributed by atoms with Gasteiger partial charge in [-0.3, -0.25) is 29.0 Å². The number of imide groups is 2. The first-order chi connectivity index (χ1) is 24.3. The number of carbonyl (C=O) groups is 4. The van der Waals surface area contributed by atoms with E-state index in [4.69, 9.17) is 27.9 Å². The summed E-state index contributed by atoms with van der Waals surface area (Å²) in [6.45, 7) is 0. The van der Waals surface area contributed by atoms with Crippen molar-refractivity contribution in [1.29, 1.82) is 0 Å². The minimum atomic E-state index is -1.88. The van der Waals surface area contributed by atoms with Gasteiger partial charge in [-0.1, -0.05) is 29.9 Å². The number of aromatic hydroxyl groups is 1. The number of anilines is 2. The van der Waals surface area contributed by atoms with Crippen molar-refractivity contribution < 1.29 is 29.0 Å². The standard InChI is InChI=1S/C38H35Cl2N5O6/c1-43(2)24-11-7-22(8-12-24)41-42-23-9-13-25(14-10-23)45-33(47)27-16-15-26-28(32(27)34(45)48)20-37(39)35(49)44(3)36(50)38(37,40)29(26)17-5-21-6-18-30(46)31(19-21)51-4/h5-15,17-19,27-29,32,46H,16,20H2,1-4H3. The van der Waals surface area contributed by atoms with Gasteiger partial charge in [0.1, 0.15) is 0 Å². The summed E-state index contributed by atoms with van der Waals surface area (Å²) in [5.74, 6) is -4.88. The molecular weight excluding hydrogens is 693 g/mol. The van der Waals surface area contributed by atoms with Crippen molar-refractivity contribution in [3.8, 4) is 11.5 Å². The fourth-order valence-corrected chi connectivity index (χ4v) is 8.83. The van der Waals surface area contributed by atoms with Crippen molar-refractivity contribution >= 4 is 75.7 Å². The van der Waals surface area contributed by atoms with Gasteiger partial charge in [0.2, 0.25) is 11.8 Å². The third-order valence-electron chi connectivity index (χ3n) is 10.5. The van der Waals surface area contributed by atoms with Gasteiger partial charge in [0, 0.05) is 32.7 Å². The van der Waals surface area contributed by atoms with E-state index in [0.29, 0.717) is 28.2 Å². The topological polar surface area (TPSA) is 132 Å². The third-order valence-corrected chi connectivity index (χ3v) is 11.9. The predicted molar refractivity (Wildman–Crippen MR) is 194 cm³/mol. The van der Waals surface area contributed by atoms with Crippen molar-refractivity contribution in [2.45, 2.75) is 22.6 Å². The number of nitrogens with zero attached hydrogens (tertiary/aromatic N) is 5. The summed E-state index contributed by atoms with van der Waals surface area (Å²) >= 11 is 14.4. The Balaban J connectivity index is 1.19. The molecule has 1 N–H and O–H groups in total. The van der Waals surface area contributed by atoms with Crippen molar-refractivity contribution in [3.63, 3.8) is 0 Å². The summed E-state index contributed by atoms with van der Waals surface area (Å²) in [5, 5.41) is 18.7. The largest absolute Gasteiger partial charge is 0.504 e. The molecule has 13 heteroatoms. The molecule has 2 aliphatic carbocycles. The van der Waals surface area contributed by atoms with Gasteiger partial charge >= 0.3 is 0 Å².